The predicted octanol–water partition coefficient (Wildman–Crippen LogP) is 5.16. The number of hydrogen-bond donors (Lipinski definition) is 1. The van der Waals surface area contributed by atoms with Crippen LogP contribution in [0.3, 0.4) is 0 Å². The number of amides is 1. The quantitative estimate of drug-likeness (QED) is 0.513. The van der Waals surface area contributed by atoms with E-state index in [-0.39, 0.29) is 5.91 Å². The molecule has 0 saturated carbocycles. The lowest BCUT2D eigenvalue weighted by Crippen LogP contribution is -2.19. The van der Waals surface area contributed by atoms with Crippen LogP contribution >= 0.6 is 11.6 Å². The molecule has 3 aromatic rings. The van der Waals surface area contributed by atoms with E-state index in [9.17, 15) is 4.79 Å². The van der Waals surface area contributed by atoms with Crippen molar-refractivity contribution in [1.82, 2.24) is 5.43 Å². The highest BCUT2D eigenvalue weighted by atomic mass is 35.5. The molecule has 3 nitrogen and oxygen atoms in total. The number of rotatable bonds is 4. The van der Waals surface area contributed by atoms with Crippen LogP contribution in [0.25, 0.3) is 11.1 Å². The van der Waals surface area contributed by atoms with Crippen LogP contribution in [0.2, 0.25) is 5.02 Å². The molecule has 0 aliphatic rings. The number of hydrazone groups is 1. The monoisotopic (exact) mass is 348 g/mol. The second-order valence-corrected chi connectivity index (χ2v) is 6.03. The fraction of sp³-hybridized carbons (Fsp3) is 0.0476. The van der Waals surface area contributed by atoms with E-state index in [4.69, 9.17) is 11.6 Å². The Morgan fingerprint density at radius 1 is 0.840 bits per heavy atom. The summed E-state index contributed by atoms with van der Waals surface area (Å²) in [5.41, 5.74) is 7.02. The van der Waals surface area contributed by atoms with E-state index in [0.29, 0.717) is 10.6 Å². The number of benzene rings is 3. The fourth-order valence-electron chi connectivity index (χ4n) is 2.43. The third-order valence-corrected chi connectivity index (χ3v) is 4.06. The number of carbonyl (C=O) groups excluding carboxylic acids is 1. The van der Waals surface area contributed by atoms with Gasteiger partial charge in [-0.1, -0.05) is 72.3 Å². The van der Waals surface area contributed by atoms with Crippen molar-refractivity contribution in [2.24, 2.45) is 5.10 Å². The van der Waals surface area contributed by atoms with Gasteiger partial charge < -0.3 is 0 Å². The first kappa shape index (κ1) is 16.9. The van der Waals surface area contributed by atoms with E-state index in [1.165, 1.54) is 0 Å². The van der Waals surface area contributed by atoms with Crippen molar-refractivity contribution in [3.05, 3.63) is 95.0 Å². The molecule has 0 bridgehead atoms. The molecule has 0 fully saturated rings. The van der Waals surface area contributed by atoms with Gasteiger partial charge in [-0.15, -0.1) is 0 Å². The molecule has 0 aliphatic carbocycles. The summed E-state index contributed by atoms with van der Waals surface area (Å²) >= 11 is 5.90. The summed E-state index contributed by atoms with van der Waals surface area (Å²) in [4.78, 5) is 12.1. The Hall–Kier alpha value is -2.91. The lowest BCUT2D eigenvalue weighted by molar-refractivity contribution is 0.0955. The van der Waals surface area contributed by atoms with Gasteiger partial charge in [0.2, 0.25) is 0 Å². The highest BCUT2D eigenvalue weighted by molar-refractivity contribution is 6.30. The van der Waals surface area contributed by atoms with Crippen molar-refractivity contribution in [1.29, 1.82) is 0 Å². The second-order valence-electron chi connectivity index (χ2n) is 5.59. The van der Waals surface area contributed by atoms with Gasteiger partial charge in [-0.05, 0) is 41.8 Å². The molecule has 0 aromatic heterocycles. The van der Waals surface area contributed by atoms with Crippen molar-refractivity contribution in [3.8, 4) is 11.1 Å². The van der Waals surface area contributed by atoms with E-state index >= 15 is 0 Å². The highest BCUT2D eigenvalue weighted by Gasteiger charge is 2.05. The summed E-state index contributed by atoms with van der Waals surface area (Å²) in [5.74, 6) is -0.289. The maximum atomic E-state index is 12.1. The number of nitrogens with one attached hydrogen (secondary N) is 1. The van der Waals surface area contributed by atoms with Gasteiger partial charge in [-0.25, -0.2) is 5.43 Å². The van der Waals surface area contributed by atoms with E-state index < -0.39 is 0 Å². The van der Waals surface area contributed by atoms with E-state index in [1.807, 2.05) is 49.4 Å². The first-order valence-corrected chi connectivity index (χ1v) is 8.27. The maximum Gasteiger partial charge on any atom is 0.271 e. The Labute approximate surface area is 152 Å². The summed E-state index contributed by atoms with van der Waals surface area (Å²) in [6.45, 7) is 1.86. The van der Waals surface area contributed by atoms with Crippen LogP contribution in [0, 0.1) is 0 Å². The average molecular weight is 349 g/mol. The van der Waals surface area contributed by atoms with Crippen LogP contribution < -0.4 is 5.43 Å². The molecule has 3 rings (SSSR count). The first-order chi connectivity index (χ1) is 12.1. The van der Waals surface area contributed by atoms with Crippen LogP contribution in [0.5, 0.6) is 0 Å². The molecule has 0 heterocycles. The van der Waals surface area contributed by atoms with Gasteiger partial charge in [0.1, 0.15) is 0 Å². The summed E-state index contributed by atoms with van der Waals surface area (Å²) in [7, 11) is 0. The zero-order chi connectivity index (χ0) is 17.6. The van der Waals surface area contributed by atoms with Gasteiger partial charge >= 0.3 is 0 Å². The minimum absolute atomic E-state index is 0.289. The van der Waals surface area contributed by atoms with Gasteiger partial charge in [0.15, 0.2) is 0 Å². The molecule has 3 aromatic carbocycles. The lowest BCUT2D eigenvalue weighted by Gasteiger charge is -2.05. The second kappa shape index (κ2) is 7.77. The van der Waals surface area contributed by atoms with Crippen molar-refractivity contribution in [3.63, 3.8) is 0 Å². The molecule has 0 spiro atoms. The van der Waals surface area contributed by atoms with Crippen molar-refractivity contribution in [2.45, 2.75) is 6.92 Å². The Bertz CT molecular complexity index is 903. The van der Waals surface area contributed by atoms with Crippen LogP contribution in [0.1, 0.15) is 22.8 Å². The topological polar surface area (TPSA) is 41.5 Å². The van der Waals surface area contributed by atoms with Crippen molar-refractivity contribution < 1.29 is 4.79 Å². The molecule has 0 aliphatic heterocycles. The molecule has 0 atom stereocenters. The SMILES string of the molecule is C/C(=N/NC(=O)c1cccc(Cl)c1)c1ccc(-c2ccccc2)cc1. The smallest absolute Gasteiger partial charge is 0.267 e. The Balaban J connectivity index is 1.71. The lowest BCUT2D eigenvalue weighted by atomic mass is 10.0. The zero-order valence-electron chi connectivity index (χ0n) is 13.7. The summed E-state index contributed by atoms with van der Waals surface area (Å²) in [5, 5.41) is 4.70. The standard InChI is InChI=1S/C21H17ClN2O/c1-15(23-24-21(25)19-8-5-9-20(22)14-19)16-10-12-18(13-11-16)17-6-3-2-4-7-17/h2-14H,1H3,(H,24,25)/b23-15-. The van der Waals surface area contributed by atoms with Crippen LogP contribution in [0.15, 0.2) is 84.0 Å². The molecular weight excluding hydrogens is 332 g/mol. The number of hydrogen-bond acceptors (Lipinski definition) is 2. The summed E-state index contributed by atoms with van der Waals surface area (Å²) in [6, 6.07) is 25.0. The number of nitrogens with zero attached hydrogens (tertiary/aromatic N) is 1. The van der Waals surface area contributed by atoms with Crippen LogP contribution in [0.4, 0.5) is 0 Å². The highest BCUT2D eigenvalue weighted by Crippen LogP contribution is 2.19. The van der Waals surface area contributed by atoms with Gasteiger partial charge in [0.25, 0.3) is 5.91 Å². The van der Waals surface area contributed by atoms with E-state index in [2.05, 4.69) is 22.7 Å². The summed E-state index contributed by atoms with van der Waals surface area (Å²) < 4.78 is 0. The molecular formula is C21H17ClN2O. The zero-order valence-corrected chi connectivity index (χ0v) is 14.5. The normalized spacial score (nSPS) is 11.2. The molecule has 25 heavy (non-hydrogen) atoms. The van der Waals surface area contributed by atoms with Gasteiger partial charge in [0.05, 0.1) is 5.71 Å². The average Bonchev–Trinajstić information content (AvgIpc) is 2.66. The fourth-order valence-corrected chi connectivity index (χ4v) is 2.62. The van der Waals surface area contributed by atoms with Crippen LogP contribution in [-0.2, 0) is 0 Å². The Kier molecular flexibility index (Phi) is 5.26. The maximum absolute atomic E-state index is 12.1. The predicted molar refractivity (Wildman–Crippen MR) is 103 cm³/mol. The largest absolute Gasteiger partial charge is 0.271 e. The first-order valence-electron chi connectivity index (χ1n) is 7.89. The van der Waals surface area contributed by atoms with Crippen molar-refractivity contribution >= 4 is 23.2 Å². The minimum atomic E-state index is -0.289. The Morgan fingerprint density at radius 3 is 2.20 bits per heavy atom. The van der Waals surface area contributed by atoms with E-state index in [1.54, 1.807) is 24.3 Å². The van der Waals surface area contributed by atoms with E-state index in [0.717, 1.165) is 22.4 Å². The molecule has 1 amide bonds. The third-order valence-electron chi connectivity index (χ3n) is 3.82. The third kappa shape index (κ3) is 4.34. The van der Waals surface area contributed by atoms with Gasteiger partial charge in [-0.3, -0.25) is 4.79 Å². The number of halogens is 1. The van der Waals surface area contributed by atoms with Crippen molar-refractivity contribution in [2.75, 3.05) is 0 Å². The summed E-state index contributed by atoms with van der Waals surface area (Å²) in [6.07, 6.45) is 0. The van der Waals surface area contributed by atoms with Gasteiger partial charge in [0, 0.05) is 10.6 Å². The molecule has 124 valence electrons. The molecule has 0 radical (unpaired) electrons. The number of carbonyl (C=O) groups is 1. The minimum Gasteiger partial charge on any atom is -0.267 e. The Morgan fingerprint density at radius 2 is 1.52 bits per heavy atom. The van der Waals surface area contributed by atoms with Crippen LogP contribution in [-0.4, -0.2) is 11.6 Å². The molecule has 4 heteroatoms. The molecule has 0 saturated heterocycles. The molecule has 0 unspecified atom stereocenters. The van der Waals surface area contributed by atoms with Gasteiger partial charge in [-0.2, -0.15) is 5.10 Å². The molecule has 1 N–H and O–H groups in total.